The fourth-order valence-corrected chi connectivity index (χ4v) is 2.56. The molecule has 0 aromatic rings. The molecule has 2 amide bonds. The molecule has 2 fully saturated rings. The molecule has 2 aliphatic rings. The molecule has 1 saturated carbocycles. The van der Waals surface area contributed by atoms with Gasteiger partial charge in [-0.2, -0.15) is 0 Å². The van der Waals surface area contributed by atoms with Crippen molar-refractivity contribution in [3.63, 3.8) is 0 Å². The summed E-state index contributed by atoms with van der Waals surface area (Å²) in [7, 11) is 0. The molecule has 1 aliphatic heterocycles. The van der Waals surface area contributed by atoms with E-state index in [-0.39, 0.29) is 11.9 Å². The lowest BCUT2D eigenvalue weighted by atomic mass is 9.96. The third-order valence-electron chi connectivity index (χ3n) is 4.31. The summed E-state index contributed by atoms with van der Waals surface area (Å²) in [5, 5.41) is 12.1. The van der Waals surface area contributed by atoms with Gasteiger partial charge >= 0.3 is 12.0 Å². The summed E-state index contributed by atoms with van der Waals surface area (Å²) in [6, 6.07) is -0.243. The highest BCUT2D eigenvalue weighted by Gasteiger charge is 2.49. The maximum atomic E-state index is 12.2. The summed E-state index contributed by atoms with van der Waals surface area (Å²) in [5.74, 6) is -0.860. The Labute approximate surface area is 113 Å². The van der Waals surface area contributed by atoms with Crippen LogP contribution in [0.15, 0.2) is 0 Å². The molecule has 1 unspecified atom stereocenters. The normalized spacial score (nSPS) is 23.8. The summed E-state index contributed by atoms with van der Waals surface area (Å²) in [5.41, 5.74) is -1.11. The van der Waals surface area contributed by atoms with Gasteiger partial charge in [-0.1, -0.05) is 6.92 Å². The van der Waals surface area contributed by atoms with Crippen LogP contribution in [0.1, 0.15) is 26.7 Å². The number of carbonyl (C=O) groups is 2. The van der Waals surface area contributed by atoms with Gasteiger partial charge in [0.1, 0.15) is 5.54 Å². The van der Waals surface area contributed by atoms with Gasteiger partial charge in [0.05, 0.1) is 0 Å². The van der Waals surface area contributed by atoms with Gasteiger partial charge in [-0.25, -0.2) is 9.59 Å². The molecule has 108 valence electrons. The van der Waals surface area contributed by atoms with Crippen molar-refractivity contribution >= 4 is 12.0 Å². The number of nitrogens with one attached hydrogen (secondary N) is 1. The number of likely N-dealkylation sites (N-methyl/N-ethyl adjacent to an activating group) is 1. The number of carbonyl (C=O) groups excluding carboxylic acids is 1. The summed E-state index contributed by atoms with van der Waals surface area (Å²) in [6.07, 6.45) is 1.76. The topological polar surface area (TPSA) is 72.9 Å². The van der Waals surface area contributed by atoms with Crippen LogP contribution in [-0.4, -0.2) is 65.2 Å². The molecule has 0 spiro atoms. The fraction of sp³-hybridized carbons (Fsp3) is 0.846. The molecule has 1 atom stereocenters. The molecule has 0 bridgehead atoms. The molecule has 2 rings (SSSR count). The molecule has 0 aromatic carbocycles. The smallest absolute Gasteiger partial charge is 0.329 e. The number of hydrogen-bond donors (Lipinski definition) is 2. The van der Waals surface area contributed by atoms with E-state index in [1.54, 1.807) is 11.8 Å². The number of rotatable bonds is 4. The van der Waals surface area contributed by atoms with E-state index in [0.717, 1.165) is 32.5 Å². The van der Waals surface area contributed by atoms with Gasteiger partial charge in [0.15, 0.2) is 0 Å². The maximum absolute atomic E-state index is 12.2. The zero-order valence-corrected chi connectivity index (χ0v) is 11.7. The Bertz CT molecular complexity index is 362. The van der Waals surface area contributed by atoms with Gasteiger partial charge in [-0.05, 0) is 32.2 Å². The van der Waals surface area contributed by atoms with Crippen LogP contribution in [0.5, 0.6) is 0 Å². The lowest BCUT2D eigenvalue weighted by Crippen LogP contribution is -2.60. The van der Waals surface area contributed by atoms with Crippen LogP contribution in [0, 0.1) is 5.92 Å². The second-order valence-corrected chi connectivity index (χ2v) is 5.63. The average molecular weight is 269 g/mol. The quantitative estimate of drug-likeness (QED) is 0.783. The van der Waals surface area contributed by atoms with Crippen LogP contribution in [-0.2, 0) is 4.79 Å². The van der Waals surface area contributed by atoms with Crippen molar-refractivity contribution in [1.29, 1.82) is 0 Å². The van der Waals surface area contributed by atoms with Crippen LogP contribution in [0.25, 0.3) is 0 Å². The first-order valence-electron chi connectivity index (χ1n) is 7.00. The van der Waals surface area contributed by atoms with Gasteiger partial charge in [0.2, 0.25) is 0 Å². The van der Waals surface area contributed by atoms with E-state index in [1.165, 1.54) is 0 Å². The van der Waals surface area contributed by atoms with Crippen molar-refractivity contribution in [2.75, 3.05) is 32.7 Å². The second-order valence-electron chi connectivity index (χ2n) is 5.63. The predicted octanol–water partition coefficient (Wildman–Crippen LogP) is 0.587. The van der Waals surface area contributed by atoms with E-state index in [0.29, 0.717) is 13.1 Å². The van der Waals surface area contributed by atoms with Gasteiger partial charge in [0.25, 0.3) is 0 Å². The highest BCUT2D eigenvalue weighted by molar-refractivity contribution is 5.86. The Hall–Kier alpha value is -1.30. The SMILES string of the molecule is CCN1CCN(C(=O)NC(C)(C(=O)O)C2CC2)CC1. The van der Waals surface area contributed by atoms with E-state index in [1.807, 2.05) is 0 Å². The molecule has 19 heavy (non-hydrogen) atoms. The van der Waals surface area contributed by atoms with Crippen LogP contribution < -0.4 is 5.32 Å². The molecule has 0 aromatic heterocycles. The third kappa shape index (κ3) is 3.00. The number of aliphatic carboxylic acids is 1. The minimum atomic E-state index is -1.11. The van der Waals surface area contributed by atoms with Crippen molar-refractivity contribution in [2.45, 2.75) is 32.2 Å². The molecule has 1 heterocycles. The first-order valence-corrected chi connectivity index (χ1v) is 7.00. The summed E-state index contributed by atoms with van der Waals surface area (Å²) >= 11 is 0. The molecule has 2 N–H and O–H groups in total. The molecule has 0 radical (unpaired) electrons. The van der Waals surface area contributed by atoms with Crippen molar-refractivity contribution in [3.8, 4) is 0 Å². The third-order valence-corrected chi connectivity index (χ3v) is 4.31. The van der Waals surface area contributed by atoms with Crippen molar-refractivity contribution in [3.05, 3.63) is 0 Å². The van der Waals surface area contributed by atoms with E-state index < -0.39 is 11.5 Å². The zero-order chi connectivity index (χ0) is 14.0. The highest BCUT2D eigenvalue weighted by Crippen LogP contribution is 2.39. The lowest BCUT2D eigenvalue weighted by Gasteiger charge is -2.36. The Morgan fingerprint density at radius 2 is 1.84 bits per heavy atom. The number of urea groups is 1. The summed E-state index contributed by atoms with van der Waals surface area (Å²) in [6.45, 7) is 7.76. The van der Waals surface area contributed by atoms with Gasteiger partial charge in [0, 0.05) is 26.2 Å². The molecule has 1 saturated heterocycles. The second kappa shape index (κ2) is 5.36. The van der Waals surface area contributed by atoms with E-state index in [9.17, 15) is 14.7 Å². The standard InChI is InChI=1S/C13H23N3O3/c1-3-15-6-8-16(9-7-15)12(19)14-13(2,11(17)18)10-4-5-10/h10H,3-9H2,1-2H3,(H,14,19)(H,17,18). The lowest BCUT2D eigenvalue weighted by molar-refractivity contribution is -0.144. The Morgan fingerprint density at radius 3 is 2.26 bits per heavy atom. The van der Waals surface area contributed by atoms with Gasteiger partial charge < -0.3 is 20.2 Å². The van der Waals surface area contributed by atoms with Crippen LogP contribution >= 0.6 is 0 Å². The van der Waals surface area contributed by atoms with Gasteiger partial charge in [-0.3, -0.25) is 0 Å². The molecular formula is C13H23N3O3. The number of carboxylic acids is 1. The maximum Gasteiger partial charge on any atom is 0.329 e. The molecule has 6 nitrogen and oxygen atoms in total. The van der Waals surface area contributed by atoms with E-state index in [4.69, 9.17) is 0 Å². The largest absolute Gasteiger partial charge is 0.480 e. The zero-order valence-electron chi connectivity index (χ0n) is 11.7. The molecular weight excluding hydrogens is 246 g/mol. The van der Waals surface area contributed by atoms with Crippen LogP contribution in [0.3, 0.4) is 0 Å². The number of carboxylic acid groups (broad SMARTS) is 1. The fourth-order valence-electron chi connectivity index (χ4n) is 2.56. The monoisotopic (exact) mass is 269 g/mol. The Kier molecular flexibility index (Phi) is 3.99. The summed E-state index contributed by atoms with van der Waals surface area (Å²) < 4.78 is 0. The number of nitrogens with zero attached hydrogens (tertiary/aromatic N) is 2. The first-order chi connectivity index (χ1) is 8.97. The Balaban J connectivity index is 1.91. The minimum Gasteiger partial charge on any atom is -0.480 e. The van der Waals surface area contributed by atoms with Crippen LogP contribution in [0.2, 0.25) is 0 Å². The summed E-state index contributed by atoms with van der Waals surface area (Å²) in [4.78, 5) is 27.6. The van der Waals surface area contributed by atoms with Crippen molar-refractivity contribution in [1.82, 2.24) is 15.1 Å². The molecule has 6 heteroatoms. The number of amides is 2. The van der Waals surface area contributed by atoms with Crippen molar-refractivity contribution < 1.29 is 14.7 Å². The highest BCUT2D eigenvalue weighted by atomic mass is 16.4. The number of hydrogen-bond acceptors (Lipinski definition) is 3. The van der Waals surface area contributed by atoms with Crippen molar-refractivity contribution in [2.24, 2.45) is 5.92 Å². The first kappa shape index (κ1) is 14.1. The van der Waals surface area contributed by atoms with Crippen LogP contribution in [0.4, 0.5) is 4.79 Å². The minimum absolute atomic E-state index is 0.0749. The van der Waals surface area contributed by atoms with Gasteiger partial charge in [-0.15, -0.1) is 0 Å². The van der Waals surface area contributed by atoms with E-state index >= 15 is 0 Å². The average Bonchev–Trinajstić information content (AvgIpc) is 3.23. The number of piperazine rings is 1. The predicted molar refractivity (Wildman–Crippen MR) is 71.0 cm³/mol. The van der Waals surface area contributed by atoms with E-state index in [2.05, 4.69) is 17.1 Å². The molecule has 1 aliphatic carbocycles. The Morgan fingerprint density at radius 1 is 1.26 bits per heavy atom.